The zero-order valence-electron chi connectivity index (χ0n) is 16.2. The van der Waals surface area contributed by atoms with Crippen LogP contribution >= 0.6 is 0 Å². The fourth-order valence-electron chi connectivity index (χ4n) is 2.78. The average Bonchev–Trinajstić information content (AvgIpc) is 3.02. The van der Waals surface area contributed by atoms with Crippen molar-refractivity contribution in [1.82, 2.24) is 15.6 Å². The number of H-pyrrole nitrogens is 1. The van der Waals surface area contributed by atoms with E-state index in [1.165, 1.54) is 7.11 Å². The van der Waals surface area contributed by atoms with E-state index in [0.717, 1.165) is 0 Å². The van der Waals surface area contributed by atoms with E-state index < -0.39 is 23.9 Å². The molecule has 0 saturated carbocycles. The molecule has 0 aromatic carbocycles. The Kier molecular flexibility index (Phi) is 6.80. The van der Waals surface area contributed by atoms with Crippen molar-refractivity contribution in [3.05, 3.63) is 33.8 Å². The Labute approximate surface area is 161 Å². The summed E-state index contributed by atoms with van der Waals surface area (Å²) in [5.74, 6) is -1.90. The molecule has 0 atom stereocenters. The number of aromatic amines is 1. The van der Waals surface area contributed by atoms with Crippen LogP contribution in [-0.4, -0.2) is 55.8 Å². The van der Waals surface area contributed by atoms with Crippen LogP contribution in [-0.2, 0) is 25.4 Å². The standard InChI is InChI=1S/C18H23N3O7/c1-5-11-13(16(23)26-4)9(3)14(20-11)17(24)28-8-12-10(15(22)27-6-2)7-19-18(25)21-12/h20H,5-8H2,1-4H3,(H2,19,21,25). The minimum absolute atomic E-state index is 0.0362. The Morgan fingerprint density at radius 1 is 1.07 bits per heavy atom. The second-order valence-electron chi connectivity index (χ2n) is 5.89. The van der Waals surface area contributed by atoms with Gasteiger partial charge in [0.05, 0.1) is 37.1 Å². The van der Waals surface area contributed by atoms with Crippen molar-refractivity contribution in [2.24, 2.45) is 0 Å². The summed E-state index contributed by atoms with van der Waals surface area (Å²) in [7, 11) is 1.26. The summed E-state index contributed by atoms with van der Waals surface area (Å²) in [5, 5.41) is 4.91. The Morgan fingerprint density at radius 2 is 1.79 bits per heavy atom. The molecule has 0 unspecified atom stereocenters. The molecular weight excluding hydrogens is 370 g/mol. The molecule has 0 fully saturated rings. The molecule has 10 heteroatoms. The Hall–Kier alpha value is -3.30. The molecule has 3 N–H and O–H groups in total. The topological polar surface area (TPSA) is 136 Å². The number of hydrogen-bond acceptors (Lipinski definition) is 7. The third kappa shape index (κ3) is 4.33. The van der Waals surface area contributed by atoms with E-state index >= 15 is 0 Å². The number of esters is 3. The van der Waals surface area contributed by atoms with Gasteiger partial charge in [0.2, 0.25) is 0 Å². The molecule has 0 radical (unpaired) electrons. The number of rotatable bonds is 7. The van der Waals surface area contributed by atoms with Crippen LogP contribution in [0.3, 0.4) is 0 Å². The second kappa shape index (κ2) is 9.07. The van der Waals surface area contributed by atoms with Crippen LogP contribution in [0.4, 0.5) is 4.79 Å². The van der Waals surface area contributed by atoms with E-state index in [1.54, 1.807) is 13.8 Å². The predicted octanol–water partition coefficient (Wildman–Crippen LogP) is 0.959. The average molecular weight is 393 g/mol. The van der Waals surface area contributed by atoms with Gasteiger partial charge in [0, 0.05) is 5.69 Å². The van der Waals surface area contributed by atoms with Crippen molar-refractivity contribution in [2.75, 3.05) is 26.9 Å². The summed E-state index contributed by atoms with van der Waals surface area (Å²) in [6.45, 7) is 4.88. The zero-order valence-corrected chi connectivity index (χ0v) is 16.2. The lowest BCUT2D eigenvalue weighted by molar-refractivity contribution is -0.138. The molecule has 2 amide bonds. The van der Waals surface area contributed by atoms with Gasteiger partial charge in [-0.25, -0.2) is 19.2 Å². The summed E-state index contributed by atoms with van der Waals surface area (Å²) < 4.78 is 15.0. The number of amides is 2. The van der Waals surface area contributed by atoms with E-state index in [-0.39, 0.29) is 36.7 Å². The van der Waals surface area contributed by atoms with Gasteiger partial charge >= 0.3 is 23.9 Å². The number of ether oxygens (including phenoxy) is 3. The smallest absolute Gasteiger partial charge is 0.355 e. The third-order valence-electron chi connectivity index (χ3n) is 4.20. The van der Waals surface area contributed by atoms with Crippen LogP contribution in [0.25, 0.3) is 0 Å². The lowest BCUT2D eigenvalue weighted by Crippen LogP contribution is -2.45. The van der Waals surface area contributed by atoms with Crippen molar-refractivity contribution >= 4 is 23.9 Å². The number of urea groups is 1. The largest absolute Gasteiger partial charge is 0.465 e. The highest BCUT2D eigenvalue weighted by atomic mass is 16.5. The Bertz CT molecular complexity index is 838. The first-order valence-electron chi connectivity index (χ1n) is 8.74. The highest BCUT2D eigenvalue weighted by Gasteiger charge is 2.27. The van der Waals surface area contributed by atoms with Gasteiger partial charge in [0.15, 0.2) is 0 Å². The number of carbonyl (C=O) groups excluding carboxylic acids is 4. The summed E-state index contributed by atoms with van der Waals surface area (Å²) in [6, 6.07) is -0.517. The maximum atomic E-state index is 12.5. The van der Waals surface area contributed by atoms with Gasteiger partial charge in [0.25, 0.3) is 0 Å². The highest BCUT2D eigenvalue weighted by molar-refractivity contribution is 5.99. The molecular formula is C18H23N3O7. The lowest BCUT2D eigenvalue weighted by Gasteiger charge is -2.21. The number of aromatic nitrogens is 1. The third-order valence-corrected chi connectivity index (χ3v) is 4.20. The molecule has 0 saturated heterocycles. The predicted molar refractivity (Wildman–Crippen MR) is 96.7 cm³/mol. The van der Waals surface area contributed by atoms with Gasteiger partial charge in [-0.05, 0) is 25.8 Å². The van der Waals surface area contributed by atoms with Gasteiger partial charge in [-0.15, -0.1) is 0 Å². The van der Waals surface area contributed by atoms with Crippen molar-refractivity contribution in [2.45, 2.75) is 27.2 Å². The number of carbonyl (C=O) groups is 4. The summed E-state index contributed by atoms with van der Waals surface area (Å²) in [4.78, 5) is 50.9. The SMILES string of the molecule is CCOC(=O)C1=C(COC(=O)c2[nH]c(CC)c(C(=O)OC)c2C)NC(=O)NC1. The fraction of sp³-hybridized carbons (Fsp3) is 0.444. The molecule has 10 nitrogen and oxygen atoms in total. The van der Waals surface area contributed by atoms with Crippen LogP contribution in [0.5, 0.6) is 0 Å². The van der Waals surface area contributed by atoms with Crippen molar-refractivity contribution < 1.29 is 33.4 Å². The normalized spacial score (nSPS) is 13.5. The van der Waals surface area contributed by atoms with Gasteiger partial charge in [0.1, 0.15) is 12.3 Å². The molecule has 1 aromatic heterocycles. The fourth-order valence-corrected chi connectivity index (χ4v) is 2.78. The van der Waals surface area contributed by atoms with E-state index in [9.17, 15) is 19.2 Å². The quantitative estimate of drug-likeness (QED) is 0.464. The van der Waals surface area contributed by atoms with Crippen LogP contribution in [0.1, 0.15) is 46.0 Å². The molecule has 1 aromatic rings. The Morgan fingerprint density at radius 3 is 2.39 bits per heavy atom. The molecule has 1 aliphatic rings. The number of methoxy groups -OCH3 is 1. The molecule has 0 bridgehead atoms. The van der Waals surface area contributed by atoms with Crippen LogP contribution in [0.15, 0.2) is 11.3 Å². The van der Waals surface area contributed by atoms with Gasteiger partial charge in [-0.2, -0.15) is 0 Å². The van der Waals surface area contributed by atoms with Crippen LogP contribution in [0, 0.1) is 6.92 Å². The van der Waals surface area contributed by atoms with Gasteiger partial charge < -0.3 is 29.8 Å². The van der Waals surface area contributed by atoms with Crippen molar-refractivity contribution in [1.29, 1.82) is 0 Å². The molecule has 152 valence electrons. The van der Waals surface area contributed by atoms with Gasteiger partial charge in [-0.3, -0.25) is 0 Å². The molecule has 2 rings (SSSR count). The maximum Gasteiger partial charge on any atom is 0.355 e. The maximum absolute atomic E-state index is 12.5. The number of nitrogens with one attached hydrogen (secondary N) is 3. The molecule has 28 heavy (non-hydrogen) atoms. The molecule has 0 spiro atoms. The van der Waals surface area contributed by atoms with E-state index in [1.807, 2.05) is 6.92 Å². The summed E-state index contributed by atoms with van der Waals surface area (Å²) in [5.41, 5.74) is 1.67. The zero-order chi connectivity index (χ0) is 20.8. The molecule has 2 heterocycles. The monoisotopic (exact) mass is 393 g/mol. The first kappa shape index (κ1) is 21.0. The number of hydrogen-bond donors (Lipinski definition) is 3. The second-order valence-corrected chi connectivity index (χ2v) is 5.89. The minimum Gasteiger partial charge on any atom is -0.465 e. The van der Waals surface area contributed by atoms with Crippen LogP contribution in [0.2, 0.25) is 0 Å². The molecule has 1 aliphatic heterocycles. The van der Waals surface area contributed by atoms with Crippen LogP contribution < -0.4 is 10.6 Å². The molecule has 0 aliphatic carbocycles. The highest BCUT2D eigenvalue weighted by Crippen LogP contribution is 2.21. The summed E-state index contributed by atoms with van der Waals surface area (Å²) >= 11 is 0. The lowest BCUT2D eigenvalue weighted by atomic mass is 10.1. The van der Waals surface area contributed by atoms with E-state index in [0.29, 0.717) is 23.2 Å². The summed E-state index contributed by atoms with van der Waals surface area (Å²) in [6.07, 6.45) is 0.485. The van der Waals surface area contributed by atoms with Crippen molar-refractivity contribution in [3.63, 3.8) is 0 Å². The number of aryl methyl sites for hydroxylation is 1. The first-order chi connectivity index (χ1) is 13.3. The van der Waals surface area contributed by atoms with Gasteiger partial charge in [-0.1, -0.05) is 6.92 Å². The Balaban J connectivity index is 2.22. The van der Waals surface area contributed by atoms with E-state index in [2.05, 4.69) is 15.6 Å². The first-order valence-corrected chi connectivity index (χ1v) is 8.74. The van der Waals surface area contributed by atoms with E-state index in [4.69, 9.17) is 14.2 Å². The van der Waals surface area contributed by atoms with Crippen molar-refractivity contribution in [3.8, 4) is 0 Å². The minimum atomic E-state index is -0.731.